The Balaban J connectivity index is 1.57. The van der Waals surface area contributed by atoms with Crippen LogP contribution in [0.5, 0.6) is 0 Å². The Morgan fingerprint density at radius 2 is 1.82 bits per heavy atom. The van der Waals surface area contributed by atoms with Crippen molar-refractivity contribution in [1.29, 1.82) is 0 Å². The monoisotopic (exact) mass is 497 g/mol. The Morgan fingerprint density at radius 3 is 2.55 bits per heavy atom. The van der Waals surface area contributed by atoms with Gasteiger partial charge in [-0.1, -0.05) is 42.1 Å². The van der Waals surface area contributed by atoms with Crippen LogP contribution < -0.4 is 5.32 Å². The number of carbonyl (C=O) groups is 2. The van der Waals surface area contributed by atoms with Crippen LogP contribution in [0.3, 0.4) is 0 Å². The van der Waals surface area contributed by atoms with E-state index < -0.39 is 5.97 Å². The molecule has 0 saturated heterocycles. The lowest BCUT2D eigenvalue weighted by atomic mass is 10.0. The molecule has 33 heavy (non-hydrogen) atoms. The van der Waals surface area contributed by atoms with Crippen molar-refractivity contribution in [1.82, 2.24) is 9.97 Å². The molecule has 0 fully saturated rings. The standard InChI is InChI=1S/C24H23N3O3S3/c1-5-30-24(29)18-13(2)14(3)32-23(18)27-17(28)11-31-21-20-19(16-9-7-6-8-10-16)15(4)33-22(20)26-12-25-21/h6-10,12H,5,11H2,1-4H3,(H,27,28). The SMILES string of the molecule is CCOC(=O)c1c(NC(=O)CSc2ncnc3sc(C)c(-c4ccccc4)c23)sc(C)c1C. The second-order valence-electron chi connectivity index (χ2n) is 7.30. The van der Waals surface area contributed by atoms with Gasteiger partial charge in [-0.15, -0.1) is 22.7 Å². The van der Waals surface area contributed by atoms with Gasteiger partial charge in [-0.2, -0.15) is 0 Å². The van der Waals surface area contributed by atoms with Crippen molar-refractivity contribution in [2.75, 3.05) is 17.7 Å². The zero-order valence-corrected chi connectivity index (χ0v) is 21.2. The van der Waals surface area contributed by atoms with E-state index in [0.717, 1.165) is 41.7 Å². The van der Waals surface area contributed by atoms with E-state index in [1.165, 1.54) is 29.4 Å². The number of hydrogen-bond acceptors (Lipinski definition) is 8. The largest absolute Gasteiger partial charge is 0.462 e. The maximum Gasteiger partial charge on any atom is 0.341 e. The first-order valence-electron chi connectivity index (χ1n) is 10.4. The molecule has 4 aromatic rings. The van der Waals surface area contributed by atoms with Gasteiger partial charge in [0.2, 0.25) is 5.91 Å². The van der Waals surface area contributed by atoms with Crippen molar-refractivity contribution in [3.63, 3.8) is 0 Å². The Hall–Kier alpha value is -2.75. The Bertz CT molecular complexity index is 1330. The molecule has 0 unspecified atom stereocenters. The zero-order chi connectivity index (χ0) is 23.5. The van der Waals surface area contributed by atoms with Crippen LogP contribution in [0.15, 0.2) is 41.7 Å². The molecule has 0 aliphatic heterocycles. The van der Waals surface area contributed by atoms with Gasteiger partial charge in [-0.3, -0.25) is 4.79 Å². The molecule has 0 aliphatic carbocycles. The van der Waals surface area contributed by atoms with Crippen molar-refractivity contribution in [2.24, 2.45) is 0 Å². The topological polar surface area (TPSA) is 81.2 Å². The second kappa shape index (κ2) is 10.0. The van der Waals surface area contributed by atoms with Crippen molar-refractivity contribution < 1.29 is 14.3 Å². The molecule has 3 heterocycles. The highest BCUT2D eigenvalue weighted by Crippen LogP contribution is 2.41. The van der Waals surface area contributed by atoms with Crippen LogP contribution in [0.25, 0.3) is 21.3 Å². The van der Waals surface area contributed by atoms with Gasteiger partial charge in [0.25, 0.3) is 0 Å². The van der Waals surface area contributed by atoms with E-state index >= 15 is 0 Å². The molecule has 170 valence electrons. The zero-order valence-electron chi connectivity index (χ0n) is 18.7. The van der Waals surface area contributed by atoms with Gasteiger partial charge in [-0.25, -0.2) is 14.8 Å². The molecule has 1 N–H and O–H groups in total. The van der Waals surface area contributed by atoms with Crippen LogP contribution in [-0.2, 0) is 9.53 Å². The average molecular weight is 498 g/mol. The fourth-order valence-electron chi connectivity index (χ4n) is 3.54. The molecule has 0 spiro atoms. The number of fused-ring (bicyclic) bond motifs is 1. The number of carbonyl (C=O) groups excluding carboxylic acids is 2. The number of rotatable bonds is 7. The third-order valence-corrected chi connectivity index (χ3v) is 8.28. The van der Waals surface area contributed by atoms with E-state index in [4.69, 9.17) is 4.74 Å². The Morgan fingerprint density at radius 1 is 1.06 bits per heavy atom. The minimum atomic E-state index is -0.416. The van der Waals surface area contributed by atoms with E-state index in [1.807, 2.05) is 32.0 Å². The number of nitrogens with one attached hydrogen (secondary N) is 1. The summed E-state index contributed by atoms with van der Waals surface area (Å²) in [6, 6.07) is 10.1. The first-order chi connectivity index (χ1) is 15.9. The summed E-state index contributed by atoms with van der Waals surface area (Å²) in [5.74, 6) is -0.458. The molecule has 3 aromatic heterocycles. The van der Waals surface area contributed by atoms with Crippen LogP contribution in [0, 0.1) is 20.8 Å². The fourth-order valence-corrected chi connectivity index (χ4v) is 6.49. The van der Waals surface area contributed by atoms with Gasteiger partial charge in [0.15, 0.2) is 0 Å². The number of thiophene rings is 2. The van der Waals surface area contributed by atoms with Gasteiger partial charge in [0, 0.05) is 15.3 Å². The lowest BCUT2D eigenvalue weighted by molar-refractivity contribution is -0.113. The molecule has 0 saturated carbocycles. The summed E-state index contributed by atoms with van der Waals surface area (Å²) in [4.78, 5) is 37.2. The molecular weight excluding hydrogens is 474 g/mol. The Labute approximate surface area is 204 Å². The average Bonchev–Trinajstić information content (AvgIpc) is 3.28. The summed E-state index contributed by atoms with van der Waals surface area (Å²) in [7, 11) is 0. The molecule has 0 aliphatic rings. The first kappa shape index (κ1) is 23.4. The first-order valence-corrected chi connectivity index (χ1v) is 13.0. The summed E-state index contributed by atoms with van der Waals surface area (Å²) in [6.07, 6.45) is 1.54. The number of aromatic nitrogens is 2. The van der Waals surface area contributed by atoms with Crippen molar-refractivity contribution >= 4 is 61.5 Å². The van der Waals surface area contributed by atoms with Crippen LogP contribution in [0.2, 0.25) is 0 Å². The van der Waals surface area contributed by atoms with Gasteiger partial charge in [0.1, 0.15) is 21.2 Å². The quantitative estimate of drug-likeness (QED) is 0.185. The van der Waals surface area contributed by atoms with Crippen molar-refractivity contribution in [3.05, 3.63) is 57.5 Å². The lowest BCUT2D eigenvalue weighted by Crippen LogP contribution is -2.16. The fraction of sp³-hybridized carbons (Fsp3) is 0.250. The summed E-state index contributed by atoms with van der Waals surface area (Å²) in [5.41, 5.74) is 3.47. The summed E-state index contributed by atoms with van der Waals surface area (Å²) < 4.78 is 5.17. The third-order valence-electron chi connectivity index (χ3n) is 5.15. The maximum absolute atomic E-state index is 12.8. The van der Waals surface area contributed by atoms with Crippen LogP contribution in [-0.4, -0.2) is 34.2 Å². The molecule has 0 atom stereocenters. The smallest absolute Gasteiger partial charge is 0.341 e. The molecular formula is C24H23N3O3S3. The minimum Gasteiger partial charge on any atom is -0.462 e. The molecule has 9 heteroatoms. The van der Waals surface area contributed by atoms with Gasteiger partial charge in [0.05, 0.1) is 23.3 Å². The number of hydrogen-bond donors (Lipinski definition) is 1. The lowest BCUT2D eigenvalue weighted by Gasteiger charge is -2.08. The van der Waals surface area contributed by atoms with E-state index in [2.05, 4.69) is 34.3 Å². The number of esters is 1. The molecule has 6 nitrogen and oxygen atoms in total. The van der Waals surface area contributed by atoms with E-state index in [1.54, 1.807) is 18.3 Å². The van der Waals surface area contributed by atoms with Gasteiger partial charge >= 0.3 is 5.97 Å². The van der Waals surface area contributed by atoms with Crippen LogP contribution >= 0.6 is 34.4 Å². The highest BCUT2D eigenvalue weighted by molar-refractivity contribution is 8.00. The van der Waals surface area contributed by atoms with E-state index in [9.17, 15) is 9.59 Å². The number of nitrogens with zero attached hydrogens (tertiary/aromatic N) is 2. The predicted octanol–water partition coefficient (Wildman–Crippen LogP) is 6.25. The van der Waals surface area contributed by atoms with E-state index in [-0.39, 0.29) is 18.3 Å². The van der Waals surface area contributed by atoms with E-state index in [0.29, 0.717) is 10.6 Å². The highest BCUT2D eigenvalue weighted by Gasteiger charge is 2.23. The minimum absolute atomic E-state index is 0.160. The number of ether oxygens (including phenoxy) is 1. The van der Waals surface area contributed by atoms with Gasteiger partial charge in [-0.05, 0) is 38.8 Å². The molecule has 1 amide bonds. The third kappa shape index (κ3) is 4.80. The molecule has 4 rings (SSSR count). The van der Waals surface area contributed by atoms with Crippen molar-refractivity contribution in [2.45, 2.75) is 32.7 Å². The number of benzene rings is 1. The summed E-state index contributed by atoms with van der Waals surface area (Å²) >= 11 is 4.38. The summed E-state index contributed by atoms with van der Waals surface area (Å²) in [6.45, 7) is 7.91. The van der Waals surface area contributed by atoms with Crippen LogP contribution in [0.4, 0.5) is 5.00 Å². The maximum atomic E-state index is 12.8. The number of aryl methyl sites for hydroxylation is 2. The molecule has 0 radical (unpaired) electrons. The predicted molar refractivity (Wildman–Crippen MR) is 137 cm³/mol. The highest BCUT2D eigenvalue weighted by atomic mass is 32.2. The molecule has 1 aromatic carbocycles. The second-order valence-corrected chi connectivity index (χ2v) is 10.7. The molecule has 0 bridgehead atoms. The summed E-state index contributed by atoms with van der Waals surface area (Å²) in [5, 5.41) is 5.16. The van der Waals surface area contributed by atoms with Gasteiger partial charge < -0.3 is 10.1 Å². The Kier molecular flexibility index (Phi) is 7.11. The number of thioether (sulfide) groups is 1. The number of amides is 1. The normalized spacial score (nSPS) is 11.0. The van der Waals surface area contributed by atoms with Crippen LogP contribution in [0.1, 0.15) is 32.6 Å². The number of anilines is 1. The van der Waals surface area contributed by atoms with Crippen molar-refractivity contribution in [3.8, 4) is 11.1 Å².